The quantitative estimate of drug-likeness (QED) is 0.226. The molecule has 0 radical (unpaired) electrons. The van der Waals surface area contributed by atoms with Gasteiger partial charge >= 0.3 is 6.09 Å². The molecule has 3 aromatic rings. The van der Waals surface area contributed by atoms with Gasteiger partial charge in [-0.3, -0.25) is 4.79 Å². The summed E-state index contributed by atoms with van der Waals surface area (Å²) in [5.74, 6) is 1.27. The average Bonchev–Trinajstić information content (AvgIpc) is 2.95. The predicted molar refractivity (Wildman–Crippen MR) is 155 cm³/mol. The molecule has 2 N–H and O–H groups in total. The lowest BCUT2D eigenvalue weighted by molar-refractivity contribution is -0.124. The number of hydrazone groups is 1. The molecule has 218 valence electrons. The first kappa shape index (κ1) is 31.0. The molecule has 10 heteroatoms. The minimum absolute atomic E-state index is 0.0798. The summed E-state index contributed by atoms with van der Waals surface area (Å²) < 4.78 is 27.5. The number of amides is 2. The Morgan fingerprint density at radius 1 is 0.878 bits per heavy atom. The minimum Gasteiger partial charge on any atom is -0.497 e. The molecule has 1 atom stereocenters. The number of hydrogen-bond acceptors (Lipinski definition) is 8. The second-order valence-corrected chi connectivity index (χ2v) is 9.98. The van der Waals surface area contributed by atoms with Crippen LogP contribution in [0.5, 0.6) is 17.2 Å². The number of alkyl carbamates (subject to hydrolysis) is 1. The van der Waals surface area contributed by atoms with Crippen molar-refractivity contribution < 1.29 is 33.3 Å². The third-order valence-corrected chi connectivity index (χ3v) is 5.53. The van der Waals surface area contributed by atoms with E-state index in [1.54, 1.807) is 53.2 Å². The van der Waals surface area contributed by atoms with Gasteiger partial charge in [-0.1, -0.05) is 42.5 Å². The van der Waals surface area contributed by atoms with E-state index in [9.17, 15) is 9.59 Å². The number of ether oxygens (including phenoxy) is 5. The second kappa shape index (κ2) is 15.3. The van der Waals surface area contributed by atoms with Crippen LogP contribution in [0.3, 0.4) is 0 Å². The summed E-state index contributed by atoms with van der Waals surface area (Å²) >= 11 is 0. The highest BCUT2D eigenvalue weighted by molar-refractivity contribution is 5.87. The van der Waals surface area contributed by atoms with Gasteiger partial charge in [-0.05, 0) is 67.8 Å². The zero-order valence-corrected chi connectivity index (χ0v) is 24.0. The predicted octanol–water partition coefficient (Wildman–Crippen LogP) is 4.84. The van der Waals surface area contributed by atoms with E-state index >= 15 is 0 Å². The van der Waals surface area contributed by atoms with Crippen molar-refractivity contribution >= 4 is 18.2 Å². The molecule has 41 heavy (non-hydrogen) atoms. The van der Waals surface area contributed by atoms with Gasteiger partial charge in [0.2, 0.25) is 0 Å². The number of nitrogens with zero attached hydrogens (tertiary/aromatic N) is 1. The van der Waals surface area contributed by atoms with Gasteiger partial charge in [0.15, 0.2) is 11.5 Å². The van der Waals surface area contributed by atoms with Crippen molar-refractivity contribution in [2.45, 2.75) is 45.6 Å². The molecule has 2 amide bonds. The summed E-state index contributed by atoms with van der Waals surface area (Å²) in [4.78, 5) is 25.2. The highest BCUT2D eigenvalue weighted by atomic mass is 16.6. The van der Waals surface area contributed by atoms with Crippen molar-refractivity contribution in [1.29, 1.82) is 0 Å². The molecule has 10 nitrogen and oxygen atoms in total. The molecule has 0 saturated carbocycles. The molecular weight excluding hydrogens is 526 g/mol. The molecule has 0 spiro atoms. The molecule has 0 aliphatic rings. The van der Waals surface area contributed by atoms with Gasteiger partial charge in [0.05, 0.1) is 33.6 Å². The molecular formula is C31H37N3O7. The van der Waals surface area contributed by atoms with Crippen molar-refractivity contribution in [3.05, 3.63) is 89.5 Å². The Morgan fingerprint density at radius 3 is 2.24 bits per heavy atom. The number of carbonyl (C=O) groups is 2. The number of rotatable bonds is 13. The Balaban J connectivity index is 1.59. The van der Waals surface area contributed by atoms with E-state index in [0.717, 1.165) is 16.9 Å². The number of carbonyl (C=O) groups excluding carboxylic acids is 2. The SMILES string of the molecule is COc1ccc(COc2ccc(/C=N\NC(=O)[C@H](COCc3ccccc3)NC(=O)OC(C)(C)C)cc2OC)cc1. The highest BCUT2D eigenvalue weighted by Crippen LogP contribution is 2.28. The molecule has 0 saturated heterocycles. The molecule has 3 rings (SSSR count). The van der Waals surface area contributed by atoms with Crippen molar-refractivity contribution in [3.63, 3.8) is 0 Å². The smallest absolute Gasteiger partial charge is 0.408 e. The maximum Gasteiger partial charge on any atom is 0.408 e. The first-order chi connectivity index (χ1) is 19.7. The molecule has 0 fully saturated rings. The van der Waals surface area contributed by atoms with E-state index in [0.29, 0.717) is 23.7 Å². The summed E-state index contributed by atoms with van der Waals surface area (Å²) in [7, 11) is 3.16. The molecule has 0 unspecified atom stereocenters. The largest absolute Gasteiger partial charge is 0.497 e. The van der Waals surface area contributed by atoms with Crippen LogP contribution in [0.15, 0.2) is 77.9 Å². The Bertz CT molecular complexity index is 1290. The number of methoxy groups -OCH3 is 2. The lowest BCUT2D eigenvalue weighted by Gasteiger charge is -2.22. The van der Waals surface area contributed by atoms with Crippen LogP contribution in [0.4, 0.5) is 4.79 Å². The zero-order valence-electron chi connectivity index (χ0n) is 24.0. The monoisotopic (exact) mass is 563 g/mol. The van der Waals surface area contributed by atoms with Gasteiger partial charge < -0.3 is 29.0 Å². The average molecular weight is 564 g/mol. The Kier molecular flexibility index (Phi) is 11.5. The summed E-state index contributed by atoms with van der Waals surface area (Å²) in [5.41, 5.74) is 4.31. The van der Waals surface area contributed by atoms with Crippen molar-refractivity contribution in [2.75, 3.05) is 20.8 Å². The van der Waals surface area contributed by atoms with Crippen molar-refractivity contribution in [1.82, 2.24) is 10.7 Å². The number of nitrogens with one attached hydrogen (secondary N) is 2. The van der Waals surface area contributed by atoms with E-state index in [1.165, 1.54) is 6.21 Å². The number of hydrogen-bond donors (Lipinski definition) is 2. The Morgan fingerprint density at radius 2 is 1.59 bits per heavy atom. The van der Waals surface area contributed by atoms with Gasteiger partial charge in [0.1, 0.15) is 24.0 Å². The second-order valence-electron chi connectivity index (χ2n) is 9.98. The van der Waals surface area contributed by atoms with Gasteiger partial charge in [-0.2, -0.15) is 5.10 Å². The summed E-state index contributed by atoms with van der Waals surface area (Å²) in [6.45, 7) is 5.76. The summed E-state index contributed by atoms with van der Waals surface area (Å²) in [6.07, 6.45) is 0.725. The molecule has 0 bridgehead atoms. The zero-order chi connectivity index (χ0) is 29.7. The number of benzene rings is 3. The Labute approximate surface area is 240 Å². The van der Waals surface area contributed by atoms with E-state index in [2.05, 4.69) is 15.8 Å². The van der Waals surface area contributed by atoms with Crippen LogP contribution in [0.2, 0.25) is 0 Å². The van der Waals surface area contributed by atoms with Gasteiger partial charge in [0, 0.05) is 0 Å². The fourth-order valence-corrected chi connectivity index (χ4v) is 3.52. The van der Waals surface area contributed by atoms with Gasteiger partial charge in [-0.25, -0.2) is 10.2 Å². The van der Waals surface area contributed by atoms with Crippen LogP contribution >= 0.6 is 0 Å². The lowest BCUT2D eigenvalue weighted by atomic mass is 10.2. The maximum absolute atomic E-state index is 12.9. The van der Waals surface area contributed by atoms with Crippen LogP contribution in [0, 0.1) is 0 Å². The van der Waals surface area contributed by atoms with Gasteiger partial charge in [-0.15, -0.1) is 0 Å². The normalized spacial score (nSPS) is 11.9. The molecule has 0 heterocycles. The van der Waals surface area contributed by atoms with E-state index in [-0.39, 0.29) is 13.2 Å². The first-order valence-corrected chi connectivity index (χ1v) is 13.0. The first-order valence-electron chi connectivity index (χ1n) is 13.0. The maximum atomic E-state index is 12.9. The fraction of sp³-hybridized carbons (Fsp3) is 0.323. The summed E-state index contributed by atoms with van der Waals surface area (Å²) in [5, 5.41) is 6.60. The highest BCUT2D eigenvalue weighted by Gasteiger charge is 2.24. The fourth-order valence-electron chi connectivity index (χ4n) is 3.52. The lowest BCUT2D eigenvalue weighted by Crippen LogP contribution is -2.49. The molecule has 0 aliphatic heterocycles. The Hall–Kier alpha value is -4.57. The van der Waals surface area contributed by atoms with Crippen LogP contribution in [-0.2, 0) is 27.5 Å². The standard InChI is InChI=1S/C31H37N3O7/c1-31(2,3)41-30(36)33-26(21-39-19-22-9-7-6-8-10-22)29(35)34-32-18-24-13-16-27(28(17-24)38-5)40-20-23-11-14-25(37-4)15-12-23/h6-18,26H,19-21H2,1-5H3,(H,33,36)(H,34,35)/b32-18-/t26-/m0/s1. The summed E-state index contributed by atoms with van der Waals surface area (Å²) in [6, 6.07) is 21.3. The van der Waals surface area contributed by atoms with Crippen LogP contribution in [0.25, 0.3) is 0 Å². The van der Waals surface area contributed by atoms with E-state index in [4.69, 9.17) is 23.7 Å². The van der Waals surface area contributed by atoms with Crippen LogP contribution in [0.1, 0.15) is 37.5 Å². The van der Waals surface area contributed by atoms with Crippen molar-refractivity contribution in [2.24, 2.45) is 5.10 Å². The van der Waals surface area contributed by atoms with Crippen LogP contribution in [-0.4, -0.2) is 50.7 Å². The third-order valence-electron chi connectivity index (χ3n) is 5.53. The molecule has 0 aromatic heterocycles. The molecule has 0 aliphatic carbocycles. The van der Waals surface area contributed by atoms with Crippen LogP contribution < -0.4 is 25.0 Å². The van der Waals surface area contributed by atoms with Gasteiger partial charge in [0.25, 0.3) is 5.91 Å². The van der Waals surface area contributed by atoms with E-state index in [1.807, 2.05) is 54.6 Å². The molecule has 3 aromatic carbocycles. The minimum atomic E-state index is -1.03. The third kappa shape index (κ3) is 10.8. The van der Waals surface area contributed by atoms with E-state index < -0.39 is 23.6 Å². The van der Waals surface area contributed by atoms with Crippen molar-refractivity contribution in [3.8, 4) is 17.2 Å². The topological polar surface area (TPSA) is 117 Å².